The number of benzene rings is 3. The second-order valence-corrected chi connectivity index (χ2v) is 14.9. The van der Waals surface area contributed by atoms with Gasteiger partial charge < -0.3 is 23.8 Å². The van der Waals surface area contributed by atoms with E-state index in [1.807, 2.05) is 47.4 Å². The number of amides is 1. The first-order valence-electron chi connectivity index (χ1n) is 16.9. The van der Waals surface area contributed by atoms with Gasteiger partial charge in [-0.1, -0.05) is 48.3 Å². The molecule has 12 nitrogen and oxygen atoms in total. The number of halogens is 2. The number of likely N-dealkylation sites (N-methyl/N-ethyl adjacent to an activating group) is 1. The lowest BCUT2D eigenvalue weighted by atomic mass is 10.1. The number of carbonyl (C=O) groups is 1. The Morgan fingerprint density at radius 2 is 1.56 bits per heavy atom. The van der Waals surface area contributed by atoms with Crippen LogP contribution in [-0.4, -0.2) is 93.8 Å². The zero-order valence-corrected chi connectivity index (χ0v) is 31.5. The topological polar surface area (TPSA) is 109 Å². The third-order valence-corrected chi connectivity index (χ3v) is 11.2. The zero-order chi connectivity index (χ0) is 36.5. The Kier molecular flexibility index (Phi) is 10.6. The largest absolute Gasteiger partial charge is 0.424 e. The summed E-state index contributed by atoms with van der Waals surface area (Å²) in [6.07, 6.45) is 0. The third-order valence-electron chi connectivity index (χ3n) is 9.23. The number of para-hydroxylation sites is 1. The summed E-state index contributed by atoms with van der Waals surface area (Å²) in [5, 5.41) is 1.16. The molecule has 1 amide bonds. The Balaban J connectivity index is 1.14. The van der Waals surface area contributed by atoms with E-state index in [0.29, 0.717) is 45.2 Å². The minimum atomic E-state index is -0.345. The van der Waals surface area contributed by atoms with Crippen molar-refractivity contribution in [3.05, 3.63) is 98.8 Å². The highest BCUT2D eigenvalue weighted by molar-refractivity contribution is 8.01. The number of aromatic nitrogens is 4. The summed E-state index contributed by atoms with van der Waals surface area (Å²) in [5.41, 5.74) is 2.00. The maximum atomic E-state index is 14.1. The Hall–Kier alpha value is -4.40. The van der Waals surface area contributed by atoms with Crippen molar-refractivity contribution in [2.75, 3.05) is 63.2 Å². The van der Waals surface area contributed by atoms with Crippen LogP contribution in [0, 0.1) is 0 Å². The second-order valence-electron chi connectivity index (χ2n) is 12.8. The van der Waals surface area contributed by atoms with E-state index in [2.05, 4.69) is 31.7 Å². The molecule has 270 valence electrons. The number of aryl methyl sites for hydroxylation is 1. The molecule has 2 aliphatic rings. The van der Waals surface area contributed by atoms with E-state index >= 15 is 0 Å². The van der Waals surface area contributed by atoms with Gasteiger partial charge >= 0.3 is 12.0 Å². The highest BCUT2D eigenvalue weighted by atomic mass is 35.5. The smallest absolute Gasteiger partial charge is 0.330 e. The Morgan fingerprint density at radius 3 is 2.25 bits per heavy atom. The van der Waals surface area contributed by atoms with Gasteiger partial charge in [0.05, 0.1) is 10.8 Å². The van der Waals surface area contributed by atoms with Crippen LogP contribution in [0.5, 0.6) is 23.5 Å². The van der Waals surface area contributed by atoms with Crippen LogP contribution in [0.2, 0.25) is 10.0 Å². The van der Waals surface area contributed by atoms with Crippen molar-refractivity contribution in [2.45, 2.75) is 17.5 Å². The predicted molar refractivity (Wildman–Crippen MR) is 207 cm³/mol. The van der Waals surface area contributed by atoms with Crippen LogP contribution in [0.4, 0.5) is 11.6 Å². The lowest BCUT2D eigenvalue weighted by Crippen LogP contribution is -2.49. The molecule has 0 bridgehead atoms. The molecule has 7 rings (SSSR count). The van der Waals surface area contributed by atoms with E-state index in [0.717, 1.165) is 43.7 Å². The summed E-state index contributed by atoms with van der Waals surface area (Å²) in [4.78, 5) is 48.4. The molecule has 0 aliphatic carbocycles. The van der Waals surface area contributed by atoms with Gasteiger partial charge in [-0.05, 0) is 55.1 Å². The Labute approximate surface area is 315 Å². The Morgan fingerprint density at radius 1 is 0.865 bits per heavy atom. The number of rotatable bonds is 10. The molecule has 2 atom stereocenters. The quantitative estimate of drug-likeness (QED) is 0.156. The van der Waals surface area contributed by atoms with Crippen molar-refractivity contribution < 1.29 is 14.3 Å². The first kappa shape index (κ1) is 36.0. The first-order valence-corrected chi connectivity index (χ1v) is 18.6. The molecule has 0 radical (unpaired) electrons. The number of hydrogen-bond acceptors (Lipinski definition) is 11. The van der Waals surface area contributed by atoms with Crippen LogP contribution < -0.4 is 24.8 Å². The van der Waals surface area contributed by atoms with E-state index in [4.69, 9.17) is 32.7 Å². The molecular weight excluding hydrogens is 723 g/mol. The molecule has 2 aliphatic heterocycles. The number of fused-ring (bicyclic) bond motifs is 1. The summed E-state index contributed by atoms with van der Waals surface area (Å²) in [6.45, 7) is 7.71. The summed E-state index contributed by atoms with van der Waals surface area (Å²) in [6, 6.07) is 21.4. The number of nitrogens with zero attached hydrogens (tertiary/aromatic N) is 8. The lowest BCUT2D eigenvalue weighted by Gasteiger charge is -2.34. The SMILES string of the molecule is CCN1CCN(CC2SC(c3ccc(Cl)cc3Cl)N(c3ccc(Oc4nc(Oc5cc(=O)n(C)c6ccccc56)nc(N(C)C)n4)cc3)C2=O)CC1. The molecule has 0 spiro atoms. The van der Waals surface area contributed by atoms with E-state index < -0.39 is 0 Å². The fourth-order valence-corrected chi connectivity index (χ4v) is 8.44. The fourth-order valence-electron chi connectivity index (χ4n) is 6.33. The van der Waals surface area contributed by atoms with Gasteiger partial charge in [-0.2, -0.15) is 9.97 Å². The molecule has 15 heteroatoms. The summed E-state index contributed by atoms with van der Waals surface area (Å²) < 4.78 is 13.8. The van der Waals surface area contributed by atoms with Crippen molar-refractivity contribution in [1.29, 1.82) is 0 Å². The van der Waals surface area contributed by atoms with Crippen molar-refractivity contribution in [3.8, 4) is 23.5 Å². The highest BCUT2D eigenvalue weighted by Crippen LogP contribution is 2.48. The average molecular weight is 762 g/mol. The van der Waals surface area contributed by atoms with Gasteiger partial charge in [0.2, 0.25) is 11.9 Å². The molecule has 2 saturated heterocycles. The molecule has 0 saturated carbocycles. The molecule has 52 heavy (non-hydrogen) atoms. The first-order chi connectivity index (χ1) is 25.1. The standard InChI is InChI=1S/C37H38Cl2N8O4S/c1-5-45-16-18-46(19-17-45)22-31-33(49)47(34(52-31)26-15-10-23(38)20-28(26)39)24-11-13-25(14-12-24)50-36-40-35(43(2)3)41-37(42-36)51-30-21-32(48)44(4)29-9-7-6-8-27(29)30/h6-15,20-21,31,34H,5,16-19,22H2,1-4H3. The number of hydrogen-bond donors (Lipinski definition) is 0. The molecule has 3 aromatic carbocycles. The fraction of sp³-hybridized carbons (Fsp3) is 0.324. The van der Waals surface area contributed by atoms with Crippen LogP contribution in [0.1, 0.15) is 17.9 Å². The summed E-state index contributed by atoms with van der Waals surface area (Å²) in [7, 11) is 5.29. The van der Waals surface area contributed by atoms with E-state index in [1.54, 1.807) is 66.6 Å². The van der Waals surface area contributed by atoms with Gasteiger partial charge in [-0.15, -0.1) is 16.7 Å². The van der Waals surface area contributed by atoms with Gasteiger partial charge in [-0.25, -0.2) is 0 Å². The van der Waals surface area contributed by atoms with E-state index in [1.165, 1.54) is 6.07 Å². The summed E-state index contributed by atoms with van der Waals surface area (Å²) >= 11 is 14.6. The number of pyridine rings is 1. The van der Waals surface area contributed by atoms with E-state index in [-0.39, 0.29) is 34.1 Å². The van der Waals surface area contributed by atoms with Crippen molar-refractivity contribution in [2.24, 2.45) is 7.05 Å². The van der Waals surface area contributed by atoms with Crippen LogP contribution in [-0.2, 0) is 11.8 Å². The maximum Gasteiger partial charge on any atom is 0.330 e. The van der Waals surface area contributed by atoms with E-state index in [9.17, 15) is 9.59 Å². The normalized spacial score (nSPS) is 18.3. The minimum Gasteiger partial charge on any atom is -0.424 e. The molecule has 4 heterocycles. The van der Waals surface area contributed by atoms with Gasteiger partial charge in [0.1, 0.15) is 16.9 Å². The number of ether oxygens (including phenoxy) is 2. The van der Waals surface area contributed by atoms with Crippen LogP contribution >= 0.6 is 35.0 Å². The average Bonchev–Trinajstić information content (AvgIpc) is 3.45. The predicted octanol–water partition coefficient (Wildman–Crippen LogP) is 6.47. The molecule has 2 fully saturated rings. The number of thioether (sulfide) groups is 1. The zero-order valence-electron chi connectivity index (χ0n) is 29.2. The Bertz CT molecular complexity index is 2160. The lowest BCUT2D eigenvalue weighted by molar-refractivity contribution is -0.118. The molecule has 2 aromatic heterocycles. The van der Waals surface area contributed by atoms with Crippen LogP contribution in [0.3, 0.4) is 0 Å². The van der Waals surface area contributed by atoms with Gasteiger partial charge in [0.25, 0.3) is 5.56 Å². The third kappa shape index (κ3) is 7.55. The molecule has 5 aromatic rings. The number of piperazine rings is 1. The molecule has 2 unspecified atom stereocenters. The van der Waals surface area contributed by atoms with Crippen molar-refractivity contribution in [1.82, 2.24) is 29.3 Å². The minimum absolute atomic E-state index is 0.00329. The van der Waals surface area contributed by atoms with Gasteiger partial charge in [-0.3, -0.25) is 19.4 Å². The van der Waals surface area contributed by atoms with Crippen LogP contribution in [0.15, 0.2) is 77.6 Å². The second kappa shape index (κ2) is 15.3. The number of anilines is 2. The van der Waals surface area contributed by atoms with Crippen LogP contribution in [0.25, 0.3) is 10.9 Å². The molecular formula is C37H38Cl2N8O4S. The number of carbonyl (C=O) groups excluding carboxylic acids is 1. The highest BCUT2D eigenvalue weighted by Gasteiger charge is 2.43. The molecule has 0 N–H and O–H groups in total. The van der Waals surface area contributed by atoms with Gasteiger partial charge in [0, 0.05) is 86.6 Å². The summed E-state index contributed by atoms with van der Waals surface area (Å²) in [5.74, 6) is 1.07. The monoisotopic (exact) mass is 760 g/mol. The van der Waals surface area contributed by atoms with Crippen molar-refractivity contribution >= 4 is 63.4 Å². The van der Waals surface area contributed by atoms with Gasteiger partial charge in [0.15, 0.2) is 0 Å². The van der Waals surface area contributed by atoms with Crippen molar-refractivity contribution in [3.63, 3.8) is 0 Å². The maximum absolute atomic E-state index is 14.1.